The molecule has 2 heterocycles. The molecule has 0 fully saturated rings. The Morgan fingerprint density at radius 3 is 3.00 bits per heavy atom. The lowest BCUT2D eigenvalue weighted by atomic mass is 10.2. The molecule has 0 amide bonds. The van der Waals surface area contributed by atoms with Crippen LogP contribution in [-0.2, 0) is 6.61 Å². The highest BCUT2D eigenvalue weighted by atomic mass is 79.9. The normalized spacial score (nSPS) is 11.1. The lowest BCUT2D eigenvalue weighted by Crippen LogP contribution is -2.05. The van der Waals surface area contributed by atoms with E-state index in [9.17, 15) is 0 Å². The molecule has 0 aliphatic heterocycles. The third kappa shape index (κ3) is 2.18. The molecule has 1 aromatic carbocycles. The Morgan fingerprint density at radius 2 is 2.21 bits per heavy atom. The van der Waals surface area contributed by atoms with Crippen molar-refractivity contribution in [3.05, 3.63) is 40.8 Å². The molecule has 0 radical (unpaired) electrons. The molecule has 19 heavy (non-hydrogen) atoms. The molecule has 3 aromatic rings. The van der Waals surface area contributed by atoms with Gasteiger partial charge in [-0.25, -0.2) is 14.6 Å². The van der Waals surface area contributed by atoms with Crippen LogP contribution in [0, 0.1) is 0 Å². The molecule has 0 bridgehead atoms. The molecule has 0 atom stereocenters. The van der Waals surface area contributed by atoms with Gasteiger partial charge in [0, 0.05) is 11.6 Å². The SMILES string of the molecule is Nc1ncc(Br)nc1-n1cc2cc(CO)ccc2n1. The summed E-state index contributed by atoms with van der Waals surface area (Å²) < 4.78 is 2.17. The van der Waals surface area contributed by atoms with E-state index in [1.807, 2.05) is 18.2 Å². The monoisotopic (exact) mass is 319 g/mol. The zero-order valence-corrected chi connectivity index (χ0v) is 11.4. The summed E-state index contributed by atoms with van der Waals surface area (Å²) in [6, 6.07) is 5.55. The Morgan fingerprint density at radius 1 is 1.37 bits per heavy atom. The maximum absolute atomic E-state index is 9.13. The second-order valence-electron chi connectivity index (χ2n) is 4.03. The minimum atomic E-state index is -0.0000500. The number of anilines is 1. The van der Waals surface area contributed by atoms with Gasteiger partial charge in [-0.05, 0) is 33.6 Å². The average Bonchev–Trinajstić information content (AvgIpc) is 2.83. The minimum absolute atomic E-state index is 0.0000500. The van der Waals surface area contributed by atoms with Crippen LogP contribution in [-0.4, -0.2) is 24.9 Å². The average molecular weight is 320 g/mol. The first-order valence-electron chi connectivity index (χ1n) is 5.55. The third-order valence-electron chi connectivity index (χ3n) is 2.72. The van der Waals surface area contributed by atoms with Gasteiger partial charge in [0.15, 0.2) is 11.6 Å². The summed E-state index contributed by atoms with van der Waals surface area (Å²) in [6.45, 7) is -0.0000500. The number of aliphatic hydroxyl groups excluding tert-OH is 1. The summed E-state index contributed by atoms with van der Waals surface area (Å²) in [6.07, 6.45) is 3.34. The highest BCUT2D eigenvalue weighted by Gasteiger charge is 2.09. The van der Waals surface area contributed by atoms with E-state index < -0.39 is 0 Å². The molecule has 0 unspecified atom stereocenters. The second-order valence-corrected chi connectivity index (χ2v) is 4.84. The van der Waals surface area contributed by atoms with E-state index in [4.69, 9.17) is 10.8 Å². The van der Waals surface area contributed by atoms with Gasteiger partial charge in [-0.1, -0.05) is 6.07 Å². The summed E-state index contributed by atoms with van der Waals surface area (Å²) in [4.78, 5) is 8.29. The van der Waals surface area contributed by atoms with Crippen molar-refractivity contribution in [2.75, 3.05) is 5.73 Å². The van der Waals surface area contributed by atoms with Crippen molar-refractivity contribution in [3.8, 4) is 5.82 Å². The highest BCUT2D eigenvalue weighted by molar-refractivity contribution is 9.10. The number of fused-ring (bicyclic) bond motifs is 1. The van der Waals surface area contributed by atoms with Crippen molar-refractivity contribution in [1.82, 2.24) is 19.7 Å². The van der Waals surface area contributed by atoms with Crippen molar-refractivity contribution < 1.29 is 5.11 Å². The van der Waals surface area contributed by atoms with Gasteiger partial charge in [0.1, 0.15) is 4.60 Å². The van der Waals surface area contributed by atoms with Crippen LogP contribution in [0.3, 0.4) is 0 Å². The quantitative estimate of drug-likeness (QED) is 0.749. The van der Waals surface area contributed by atoms with Crippen LogP contribution in [0.4, 0.5) is 5.82 Å². The first kappa shape index (κ1) is 12.1. The lowest BCUT2D eigenvalue weighted by Gasteiger charge is -2.02. The molecule has 6 nitrogen and oxygen atoms in total. The number of halogens is 1. The van der Waals surface area contributed by atoms with E-state index in [1.165, 1.54) is 6.20 Å². The Kier molecular flexibility index (Phi) is 2.92. The van der Waals surface area contributed by atoms with E-state index >= 15 is 0 Å². The van der Waals surface area contributed by atoms with Gasteiger partial charge in [-0.2, -0.15) is 5.10 Å². The number of aromatic nitrogens is 4. The molecular formula is C12H10BrN5O. The van der Waals surface area contributed by atoms with Crippen LogP contribution in [0.15, 0.2) is 35.2 Å². The fourth-order valence-corrected chi connectivity index (χ4v) is 2.09. The zero-order chi connectivity index (χ0) is 13.4. The predicted molar refractivity (Wildman–Crippen MR) is 74.7 cm³/mol. The molecule has 96 valence electrons. The standard InChI is InChI=1S/C12H10BrN5O/c13-10-4-15-11(14)12(16-10)18-5-8-3-7(6-19)1-2-9(8)17-18/h1-5,19H,6H2,(H2,14,15). The van der Waals surface area contributed by atoms with Gasteiger partial charge in [-0.3, -0.25) is 0 Å². The Balaban J connectivity index is 2.17. The van der Waals surface area contributed by atoms with E-state index in [-0.39, 0.29) is 6.61 Å². The van der Waals surface area contributed by atoms with Crippen LogP contribution in [0.25, 0.3) is 16.7 Å². The predicted octanol–water partition coefficient (Wildman–Crippen LogP) is 1.65. The van der Waals surface area contributed by atoms with E-state index in [1.54, 1.807) is 10.9 Å². The molecule has 3 rings (SSSR count). The maximum Gasteiger partial charge on any atom is 0.197 e. The first-order valence-corrected chi connectivity index (χ1v) is 6.34. The number of hydrogen-bond donors (Lipinski definition) is 2. The summed E-state index contributed by atoms with van der Waals surface area (Å²) in [5.74, 6) is 0.773. The third-order valence-corrected chi connectivity index (χ3v) is 3.10. The summed E-state index contributed by atoms with van der Waals surface area (Å²) in [5.41, 5.74) is 7.44. The summed E-state index contributed by atoms with van der Waals surface area (Å²) in [5, 5.41) is 14.4. The molecule has 0 saturated carbocycles. The molecule has 0 saturated heterocycles. The highest BCUT2D eigenvalue weighted by Crippen LogP contribution is 2.20. The van der Waals surface area contributed by atoms with E-state index in [0.717, 1.165) is 16.5 Å². The molecule has 2 aromatic heterocycles. The molecule has 0 spiro atoms. The maximum atomic E-state index is 9.13. The smallest absolute Gasteiger partial charge is 0.197 e. The van der Waals surface area contributed by atoms with Gasteiger partial charge < -0.3 is 10.8 Å². The van der Waals surface area contributed by atoms with Crippen LogP contribution in [0.1, 0.15) is 5.56 Å². The molecular weight excluding hydrogens is 310 g/mol. The molecule has 3 N–H and O–H groups in total. The summed E-state index contributed by atoms with van der Waals surface area (Å²) >= 11 is 3.26. The number of aliphatic hydroxyl groups is 1. The number of nitrogen functional groups attached to an aromatic ring is 1. The van der Waals surface area contributed by atoms with Crippen LogP contribution >= 0.6 is 15.9 Å². The van der Waals surface area contributed by atoms with Gasteiger partial charge in [0.2, 0.25) is 0 Å². The van der Waals surface area contributed by atoms with Gasteiger partial charge in [0.05, 0.1) is 18.3 Å². The van der Waals surface area contributed by atoms with Crippen LogP contribution < -0.4 is 5.73 Å². The van der Waals surface area contributed by atoms with Crippen molar-refractivity contribution in [1.29, 1.82) is 0 Å². The van der Waals surface area contributed by atoms with Gasteiger partial charge >= 0.3 is 0 Å². The molecule has 7 heteroatoms. The number of hydrogen-bond acceptors (Lipinski definition) is 5. The topological polar surface area (TPSA) is 89.8 Å². The van der Waals surface area contributed by atoms with Gasteiger partial charge in [-0.15, -0.1) is 0 Å². The van der Waals surface area contributed by atoms with E-state index in [0.29, 0.717) is 16.2 Å². The molecule has 0 aliphatic rings. The van der Waals surface area contributed by atoms with Crippen molar-refractivity contribution >= 4 is 32.7 Å². The second kappa shape index (κ2) is 4.60. The lowest BCUT2D eigenvalue weighted by molar-refractivity contribution is 0.282. The van der Waals surface area contributed by atoms with Gasteiger partial charge in [0.25, 0.3) is 0 Å². The van der Waals surface area contributed by atoms with Crippen LogP contribution in [0.2, 0.25) is 0 Å². The van der Waals surface area contributed by atoms with Crippen molar-refractivity contribution in [2.45, 2.75) is 6.61 Å². The number of benzene rings is 1. The van der Waals surface area contributed by atoms with Crippen molar-refractivity contribution in [2.24, 2.45) is 0 Å². The Labute approximate surface area is 117 Å². The zero-order valence-electron chi connectivity index (χ0n) is 9.79. The fourth-order valence-electron chi connectivity index (χ4n) is 1.82. The number of rotatable bonds is 2. The van der Waals surface area contributed by atoms with E-state index in [2.05, 4.69) is 31.0 Å². The Bertz CT molecular complexity index is 755. The summed E-state index contributed by atoms with van der Waals surface area (Å²) in [7, 11) is 0. The largest absolute Gasteiger partial charge is 0.392 e. The number of nitrogens with zero attached hydrogens (tertiary/aromatic N) is 4. The van der Waals surface area contributed by atoms with Crippen molar-refractivity contribution in [3.63, 3.8) is 0 Å². The first-order chi connectivity index (χ1) is 9.17. The fraction of sp³-hybridized carbons (Fsp3) is 0.0833. The van der Waals surface area contributed by atoms with Crippen LogP contribution in [0.5, 0.6) is 0 Å². The Hall–Kier alpha value is -1.99. The minimum Gasteiger partial charge on any atom is -0.392 e. The number of nitrogens with two attached hydrogens (primary N) is 1. The molecule has 0 aliphatic carbocycles.